The summed E-state index contributed by atoms with van der Waals surface area (Å²) in [4.78, 5) is 37.7. The monoisotopic (exact) mass is 297 g/mol. The number of carbonyl (C=O) groups excluding carboxylic acids is 2. The number of carboxylic acid groups (broad SMARTS) is 1. The first kappa shape index (κ1) is 15.6. The van der Waals surface area contributed by atoms with Crippen LogP contribution < -0.4 is 5.73 Å². The molecule has 7 heteroatoms. The first-order chi connectivity index (χ1) is 9.97. The van der Waals surface area contributed by atoms with Gasteiger partial charge in [-0.1, -0.05) is 0 Å². The van der Waals surface area contributed by atoms with Crippen LogP contribution in [0.25, 0.3) is 0 Å². The van der Waals surface area contributed by atoms with Crippen molar-refractivity contribution in [3.8, 4) is 0 Å². The molecule has 2 fully saturated rings. The van der Waals surface area contributed by atoms with Gasteiger partial charge in [0, 0.05) is 32.1 Å². The zero-order valence-electron chi connectivity index (χ0n) is 12.2. The Hall–Kier alpha value is -1.79. The molecule has 0 spiro atoms. The van der Waals surface area contributed by atoms with Crippen molar-refractivity contribution in [1.82, 2.24) is 9.80 Å². The predicted molar refractivity (Wildman–Crippen MR) is 75.5 cm³/mol. The van der Waals surface area contributed by atoms with E-state index >= 15 is 0 Å². The molecule has 118 valence electrons. The van der Waals surface area contributed by atoms with Crippen LogP contribution in [0.3, 0.4) is 0 Å². The summed E-state index contributed by atoms with van der Waals surface area (Å²) in [6, 6.07) is -0.241. The molecule has 2 rings (SSSR count). The number of amides is 3. The van der Waals surface area contributed by atoms with Crippen molar-refractivity contribution < 1.29 is 19.5 Å². The number of urea groups is 1. The van der Waals surface area contributed by atoms with Crippen LogP contribution in [0, 0.1) is 5.92 Å². The molecule has 7 nitrogen and oxygen atoms in total. The van der Waals surface area contributed by atoms with Crippen LogP contribution in [0.2, 0.25) is 0 Å². The number of primary amides is 1. The van der Waals surface area contributed by atoms with E-state index in [-0.39, 0.29) is 30.3 Å². The largest absolute Gasteiger partial charge is 0.481 e. The first-order valence-electron chi connectivity index (χ1n) is 7.53. The molecule has 0 aromatic rings. The van der Waals surface area contributed by atoms with Gasteiger partial charge in [-0.2, -0.15) is 0 Å². The van der Waals surface area contributed by atoms with E-state index in [4.69, 9.17) is 10.8 Å². The van der Waals surface area contributed by atoms with E-state index in [0.717, 1.165) is 25.7 Å². The highest BCUT2D eigenvalue weighted by Gasteiger charge is 2.34. The number of aliphatic carboxylic acids is 1. The van der Waals surface area contributed by atoms with Gasteiger partial charge >= 0.3 is 12.0 Å². The molecule has 2 heterocycles. The van der Waals surface area contributed by atoms with Crippen molar-refractivity contribution >= 4 is 17.9 Å². The van der Waals surface area contributed by atoms with Gasteiger partial charge in [-0.15, -0.1) is 0 Å². The Morgan fingerprint density at radius 1 is 1.05 bits per heavy atom. The molecule has 21 heavy (non-hydrogen) atoms. The molecule has 1 atom stereocenters. The van der Waals surface area contributed by atoms with E-state index < -0.39 is 5.97 Å². The van der Waals surface area contributed by atoms with Crippen molar-refractivity contribution in [1.29, 1.82) is 0 Å². The Morgan fingerprint density at radius 2 is 1.71 bits per heavy atom. The second-order valence-electron chi connectivity index (χ2n) is 5.97. The van der Waals surface area contributed by atoms with Crippen LogP contribution in [0.15, 0.2) is 0 Å². The number of rotatable bonds is 4. The van der Waals surface area contributed by atoms with Crippen LogP contribution >= 0.6 is 0 Å². The lowest BCUT2D eigenvalue weighted by atomic mass is 9.93. The molecule has 2 saturated heterocycles. The number of hydrogen-bond acceptors (Lipinski definition) is 3. The number of nitrogens with zero attached hydrogens (tertiary/aromatic N) is 2. The standard InChI is InChI=1S/C14H23N3O4/c15-12(18)8-10-3-6-16(7-4-10)14(21)17-5-1-2-11(17)9-13(19)20/h10-11H,1-9H2,(H2,15,18)(H,19,20). The third kappa shape index (κ3) is 4.09. The smallest absolute Gasteiger partial charge is 0.320 e. The van der Waals surface area contributed by atoms with Crippen LogP contribution in [-0.4, -0.2) is 58.5 Å². The Kier molecular flexibility index (Phi) is 5.03. The third-order valence-electron chi connectivity index (χ3n) is 4.41. The zero-order chi connectivity index (χ0) is 15.4. The summed E-state index contributed by atoms with van der Waals surface area (Å²) in [6.45, 7) is 1.87. The maximum absolute atomic E-state index is 12.5. The van der Waals surface area contributed by atoms with Gasteiger partial charge in [0.2, 0.25) is 5.91 Å². The number of piperidine rings is 1. The molecule has 0 aromatic heterocycles. The van der Waals surface area contributed by atoms with Gasteiger partial charge < -0.3 is 20.6 Å². The van der Waals surface area contributed by atoms with E-state index in [1.165, 1.54) is 0 Å². The average Bonchev–Trinajstić information content (AvgIpc) is 2.85. The highest BCUT2D eigenvalue weighted by atomic mass is 16.4. The minimum Gasteiger partial charge on any atom is -0.481 e. The molecule has 2 aliphatic heterocycles. The highest BCUT2D eigenvalue weighted by Crippen LogP contribution is 2.25. The topological polar surface area (TPSA) is 104 Å². The maximum Gasteiger partial charge on any atom is 0.320 e. The van der Waals surface area contributed by atoms with Gasteiger partial charge in [-0.3, -0.25) is 9.59 Å². The minimum atomic E-state index is -0.861. The van der Waals surface area contributed by atoms with Gasteiger partial charge in [-0.05, 0) is 31.6 Å². The van der Waals surface area contributed by atoms with Crippen molar-refractivity contribution in [2.45, 2.75) is 44.6 Å². The second kappa shape index (κ2) is 6.78. The molecule has 3 amide bonds. The quantitative estimate of drug-likeness (QED) is 0.794. The molecule has 0 aromatic carbocycles. The Labute approximate surface area is 124 Å². The van der Waals surface area contributed by atoms with E-state index in [0.29, 0.717) is 26.1 Å². The van der Waals surface area contributed by atoms with Gasteiger partial charge in [0.05, 0.1) is 6.42 Å². The van der Waals surface area contributed by atoms with Gasteiger partial charge in [0.25, 0.3) is 0 Å². The molecule has 1 unspecified atom stereocenters. The summed E-state index contributed by atoms with van der Waals surface area (Å²) in [7, 11) is 0. The third-order valence-corrected chi connectivity index (χ3v) is 4.41. The van der Waals surface area contributed by atoms with E-state index in [9.17, 15) is 14.4 Å². The van der Waals surface area contributed by atoms with Crippen LogP contribution in [0.1, 0.15) is 38.5 Å². The van der Waals surface area contributed by atoms with Crippen LogP contribution in [-0.2, 0) is 9.59 Å². The molecule has 0 bridgehead atoms. The van der Waals surface area contributed by atoms with Crippen molar-refractivity contribution in [3.05, 3.63) is 0 Å². The normalized spacial score (nSPS) is 23.3. The zero-order valence-corrected chi connectivity index (χ0v) is 12.2. The lowest BCUT2D eigenvalue weighted by molar-refractivity contribution is -0.138. The van der Waals surface area contributed by atoms with Crippen LogP contribution in [0.4, 0.5) is 4.79 Å². The van der Waals surface area contributed by atoms with Gasteiger partial charge in [-0.25, -0.2) is 4.79 Å². The summed E-state index contributed by atoms with van der Waals surface area (Å²) < 4.78 is 0. The SMILES string of the molecule is NC(=O)CC1CCN(C(=O)N2CCCC2CC(=O)O)CC1. The molecular weight excluding hydrogens is 274 g/mol. The summed E-state index contributed by atoms with van der Waals surface area (Å²) in [6.07, 6.45) is 3.59. The van der Waals surface area contributed by atoms with E-state index in [1.54, 1.807) is 9.80 Å². The summed E-state index contributed by atoms with van der Waals surface area (Å²) in [5.74, 6) is -0.888. The Bertz CT molecular complexity index is 418. The molecular formula is C14H23N3O4. The molecule has 3 N–H and O–H groups in total. The summed E-state index contributed by atoms with van der Waals surface area (Å²) in [5.41, 5.74) is 5.20. The van der Waals surface area contributed by atoms with Crippen molar-refractivity contribution in [2.24, 2.45) is 11.7 Å². The average molecular weight is 297 g/mol. The summed E-state index contributed by atoms with van der Waals surface area (Å²) in [5, 5.41) is 8.91. The van der Waals surface area contributed by atoms with E-state index in [1.807, 2.05) is 0 Å². The minimum absolute atomic E-state index is 0.0177. The second-order valence-corrected chi connectivity index (χ2v) is 5.97. The number of hydrogen-bond donors (Lipinski definition) is 2. The lowest BCUT2D eigenvalue weighted by Crippen LogP contribution is -2.49. The number of nitrogens with two attached hydrogens (primary N) is 1. The Balaban J connectivity index is 1.86. The Morgan fingerprint density at radius 3 is 2.29 bits per heavy atom. The fourth-order valence-electron chi connectivity index (χ4n) is 3.30. The number of carboxylic acids is 1. The van der Waals surface area contributed by atoms with Gasteiger partial charge in [0.15, 0.2) is 0 Å². The lowest BCUT2D eigenvalue weighted by Gasteiger charge is -2.36. The summed E-state index contributed by atoms with van der Waals surface area (Å²) >= 11 is 0. The number of carbonyl (C=O) groups is 3. The number of likely N-dealkylation sites (tertiary alicyclic amines) is 2. The molecule has 2 aliphatic rings. The fourth-order valence-corrected chi connectivity index (χ4v) is 3.30. The fraction of sp³-hybridized carbons (Fsp3) is 0.786. The predicted octanol–water partition coefficient (Wildman–Crippen LogP) is 0.633. The highest BCUT2D eigenvalue weighted by molar-refractivity contribution is 5.77. The first-order valence-corrected chi connectivity index (χ1v) is 7.53. The molecule has 0 radical (unpaired) electrons. The van der Waals surface area contributed by atoms with Gasteiger partial charge in [0.1, 0.15) is 0 Å². The van der Waals surface area contributed by atoms with Crippen molar-refractivity contribution in [2.75, 3.05) is 19.6 Å². The van der Waals surface area contributed by atoms with Crippen LogP contribution in [0.5, 0.6) is 0 Å². The molecule has 0 aliphatic carbocycles. The molecule has 0 saturated carbocycles. The maximum atomic E-state index is 12.5. The van der Waals surface area contributed by atoms with Crippen molar-refractivity contribution in [3.63, 3.8) is 0 Å². The van der Waals surface area contributed by atoms with E-state index in [2.05, 4.69) is 0 Å².